The Balaban J connectivity index is 1.57. The van der Waals surface area contributed by atoms with E-state index in [2.05, 4.69) is 26.1 Å². The van der Waals surface area contributed by atoms with Crippen molar-refractivity contribution in [2.75, 3.05) is 13.1 Å². The standard InChI is InChI=1S/C23H30N2O3S/c1-23(2,3)20-9-11-21(12-10-20)29(27,28)25-15-13-19(14-16-25)22(26)24-17-18-7-5-4-6-8-18/h4-12,19H,13-17H2,1-3H3,(H,24,26). The molecule has 3 rings (SSSR count). The van der Waals surface area contributed by atoms with Crippen LogP contribution in [-0.2, 0) is 26.8 Å². The Hall–Kier alpha value is -2.18. The van der Waals surface area contributed by atoms with Crippen LogP contribution in [0.3, 0.4) is 0 Å². The van der Waals surface area contributed by atoms with Crippen molar-refractivity contribution in [3.05, 3.63) is 65.7 Å². The van der Waals surface area contributed by atoms with E-state index in [-0.39, 0.29) is 17.2 Å². The van der Waals surface area contributed by atoms with E-state index < -0.39 is 10.0 Å². The predicted octanol–water partition coefficient (Wildman–Crippen LogP) is 3.70. The molecule has 0 saturated carbocycles. The Morgan fingerprint density at radius 2 is 1.59 bits per heavy atom. The minimum atomic E-state index is -3.53. The molecule has 0 spiro atoms. The molecule has 2 aromatic carbocycles. The van der Waals surface area contributed by atoms with Gasteiger partial charge in [0.05, 0.1) is 4.90 Å². The third-order valence-electron chi connectivity index (χ3n) is 5.49. The zero-order chi connectivity index (χ0) is 21.1. The lowest BCUT2D eigenvalue weighted by atomic mass is 9.87. The minimum absolute atomic E-state index is 0.000399. The van der Waals surface area contributed by atoms with E-state index in [4.69, 9.17) is 0 Å². The third kappa shape index (κ3) is 5.25. The lowest BCUT2D eigenvalue weighted by Crippen LogP contribution is -2.42. The topological polar surface area (TPSA) is 66.5 Å². The molecule has 1 amide bonds. The third-order valence-corrected chi connectivity index (χ3v) is 7.41. The number of hydrogen-bond donors (Lipinski definition) is 1. The molecule has 156 valence electrons. The zero-order valence-corrected chi connectivity index (χ0v) is 18.2. The van der Waals surface area contributed by atoms with Crippen LogP contribution < -0.4 is 5.32 Å². The van der Waals surface area contributed by atoms with Crippen molar-refractivity contribution < 1.29 is 13.2 Å². The first-order chi connectivity index (χ1) is 13.7. The highest BCUT2D eigenvalue weighted by Crippen LogP contribution is 2.27. The smallest absolute Gasteiger partial charge is 0.243 e. The molecule has 0 aliphatic carbocycles. The van der Waals surface area contributed by atoms with Crippen LogP contribution in [0.2, 0.25) is 0 Å². The number of carbonyl (C=O) groups is 1. The molecule has 5 nitrogen and oxygen atoms in total. The molecular weight excluding hydrogens is 384 g/mol. The molecule has 1 heterocycles. The number of benzene rings is 2. The number of rotatable bonds is 5. The summed E-state index contributed by atoms with van der Waals surface area (Å²) in [5.74, 6) is -0.145. The first-order valence-corrected chi connectivity index (χ1v) is 11.5. The van der Waals surface area contributed by atoms with Crippen LogP contribution in [0, 0.1) is 5.92 Å². The summed E-state index contributed by atoms with van der Waals surface area (Å²) >= 11 is 0. The summed E-state index contributed by atoms with van der Waals surface area (Å²) in [5, 5.41) is 2.97. The molecule has 1 fully saturated rings. The van der Waals surface area contributed by atoms with Crippen molar-refractivity contribution in [1.29, 1.82) is 0 Å². The lowest BCUT2D eigenvalue weighted by molar-refractivity contribution is -0.126. The van der Waals surface area contributed by atoms with Crippen LogP contribution >= 0.6 is 0 Å². The van der Waals surface area contributed by atoms with Gasteiger partial charge >= 0.3 is 0 Å². The van der Waals surface area contributed by atoms with Crippen molar-refractivity contribution in [3.63, 3.8) is 0 Å². The van der Waals surface area contributed by atoms with Gasteiger partial charge < -0.3 is 5.32 Å². The van der Waals surface area contributed by atoms with Crippen molar-refractivity contribution in [2.24, 2.45) is 5.92 Å². The Bertz CT molecular complexity index is 924. The number of amides is 1. The Labute approximate surface area is 174 Å². The minimum Gasteiger partial charge on any atom is -0.352 e. The largest absolute Gasteiger partial charge is 0.352 e. The number of nitrogens with zero attached hydrogens (tertiary/aromatic N) is 1. The number of hydrogen-bond acceptors (Lipinski definition) is 3. The van der Waals surface area contributed by atoms with Crippen LogP contribution in [0.1, 0.15) is 44.7 Å². The van der Waals surface area contributed by atoms with Crippen LogP contribution in [0.4, 0.5) is 0 Å². The second-order valence-corrected chi connectivity index (χ2v) is 10.6. The highest BCUT2D eigenvalue weighted by Gasteiger charge is 2.32. The molecule has 1 saturated heterocycles. The fourth-order valence-electron chi connectivity index (χ4n) is 3.56. The van der Waals surface area contributed by atoms with E-state index in [1.165, 1.54) is 4.31 Å². The van der Waals surface area contributed by atoms with Crippen LogP contribution in [-0.4, -0.2) is 31.7 Å². The summed E-state index contributed by atoms with van der Waals surface area (Å²) in [6.07, 6.45) is 1.08. The van der Waals surface area contributed by atoms with Crippen molar-refractivity contribution in [1.82, 2.24) is 9.62 Å². The normalized spacial score (nSPS) is 16.5. The molecule has 0 atom stereocenters. The second kappa shape index (κ2) is 8.67. The highest BCUT2D eigenvalue weighted by atomic mass is 32.2. The van der Waals surface area contributed by atoms with Gasteiger partial charge in [-0.25, -0.2) is 8.42 Å². The van der Waals surface area contributed by atoms with Crippen LogP contribution in [0.15, 0.2) is 59.5 Å². The molecule has 29 heavy (non-hydrogen) atoms. The number of piperidine rings is 1. The van der Waals surface area contributed by atoms with E-state index >= 15 is 0 Å². The average Bonchev–Trinajstić information content (AvgIpc) is 2.72. The molecule has 1 aliphatic rings. The van der Waals surface area contributed by atoms with E-state index in [0.717, 1.165) is 11.1 Å². The SMILES string of the molecule is CC(C)(C)c1ccc(S(=O)(=O)N2CCC(C(=O)NCc3ccccc3)CC2)cc1. The van der Waals surface area contributed by atoms with Crippen LogP contribution in [0.25, 0.3) is 0 Å². The predicted molar refractivity (Wildman–Crippen MR) is 115 cm³/mol. The van der Waals surface area contributed by atoms with E-state index in [0.29, 0.717) is 37.4 Å². The molecule has 0 unspecified atom stereocenters. The summed E-state index contributed by atoms with van der Waals surface area (Å²) in [7, 11) is -3.53. The molecule has 1 N–H and O–H groups in total. The van der Waals surface area contributed by atoms with Gasteiger partial charge in [0.1, 0.15) is 0 Å². The summed E-state index contributed by atoms with van der Waals surface area (Å²) in [6.45, 7) is 7.54. The van der Waals surface area contributed by atoms with Crippen molar-refractivity contribution in [2.45, 2.75) is 50.5 Å². The van der Waals surface area contributed by atoms with Gasteiger partial charge in [-0.2, -0.15) is 4.31 Å². The fraction of sp³-hybridized carbons (Fsp3) is 0.435. The van der Waals surface area contributed by atoms with Gasteiger partial charge in [-0.15, -0.1) is 0 Å². The Morgan fingerprint density at radius 1 is 1.00 bits per heavy atom. The lowest BCUT2D eigenvalue weighted by Gasteiger charge is -2.30. The van der Waals surface area contributed by atoms with E-state index in [1.807, 2.05) is 42.5 Å². The molecule has 0 radical (unpaired) electrons. The summed E-state index contributed by atoms with van der Waals surface area (Å²) < 4.78 is 27.4. The van der Waals surface area contributed by atoms with Crippen molar-refractivity contribution in [3.8, 4) is 0 Å². The average molecular weight is 415 g/mol. The number of nitrogens with one attached hydrogen (secondary N) is 1. The van der Waals surface area contributed by atoms with Gasteiger partial charge in [0.25, 0.3) is 0 Å². The van der Waals surface area contributed by atoms with Gasteiger partial charge in [0.15, 0.2) is 0 Å². The maximum atomic E-state index is 13.0. The quantitative estimate of drug-likeness (QED) is 0.811. The van der Waals surface area contributed by atoms with Gasteiger partial charge in [0, 0.05) is 25.6 Å². The molecule has 2 aromatic rings. The van der Waals surface area contributed by atoms with E-state index in [1.54, 1.807) is 12.1 Å². The zero-order valence-electron chi connectivity index (χ0n) is 17.4. The molecule has 0 aromatic heterocycles. The summed E-state index contributed by atoms with van der Waals surface area (Å²) in [6, 6.07) is 16.9. The Morgan fingerprint density at radius 3 is 2.14 bits per heavy atom. The molecule has 6 heteroatoms. The monoisotopic (exact) mass is 414 g/mol. The molecule has 1 aliphatic heterocycles. The number of sulfonamides is 1. The first kappa shape index (κ1) is 21.5. The Kier molecular flexibility index (Phi) is 6.44. The fourth-order valence-corrected chi connectivity index (χ4v) is 5.03. The number of carbonyl (C=O) groups excluding carboxylic acids is 1. The van der Waals surface area contributed by atoms with Gasteiger partial charge in [-0.05, 0) is 41.5 Å². The van der Waals surface area contributed by atoms with Gasteiger partial charge in [-0.1, -0.05) is 63.2 Å². The highest BCUT2D eigenvalue weighted by molar-refractivity contribution is 7.89. The summed E-state index contributed by atoms with van der Waals surface area (Å²) in [4.78, 5) is 12.8. The first-order valence-electron chi connectivity index (χ1n) is 10.1. The van der Waals surface area contributed by atoms with E-state index in [9.17, 15) is 13.2 Å². The van der Waals surface area contributed by atoms with Gasteiger partial charge in [-0.3, -0.25) is 4.79 Å². The van der Waals surface area contributed by atoms with Crippen LogP contribution in [0.5, 0.6) is 0 Å². The maximum Gasteiger partial charge on any atom is 0.243 e. The summed E-state index contributed by atoms with van der Waals surface area (Å²) in [5.41, 5.74) is 2.14. The maximum absolute atomic E-state index is 13.0. The second-order valence-electron chi connectivity index (χ2n) is 8.66. The van der Waals surface area contributed by atoms with Gasteiger partial charge in [0.2, 0.25) is 15.9 Å². The van der Waals surface area contributed by atoms with Crippen molar-refractivity contribution >= 4 is 15.9 Å². The molecule has 0 bridgehead atoms. The molecular formula is C23H30N2O3S.